The molecule has 0 spiro atoms. The summed E-state index contributed by atoms with van der Waals surface area (Å²) in [4.78, 5) is 2.97. The number of aryl methyl sites for hydroxylation is 1. The average Bonchev–Trinajstić information content (AvgIpc) is 2.53. The molecule has 0 bridgehead atoms. The van der Waals surface area contributed by atoms with Crippen molar-refractivity contribution < 1.29 is 0 Å². The Kier molecular flexibility index (Phi) is 4.23. The Bertz CT molecular complexity index is 442. The molecule has 98 valence electrons. The van der Waals surface area contributed by atoms with Crippen LogP contribution in [0.15, 0.2) is 18.2 Å². The van der Waals surface area contributed by atoms with E-state index in [1.807, 2.05) is 12.1 Å². The molecule has 1 unspecified atom stereocenters. The van der Waals surface area contributed by atoms with Gasteiger partial charge in [0.05, 0.1) is 0 Å². The van der Waals surface area contributed by atoms with E-state index in [0.717, 1.165) is 24.6 Å². The standard InChI is InChI=1S/C15H22N2S/c1-11-5-4-9-17(10-8-11)14-12(2)6-3-7-13(14)15(16)18/h3,6-7,11H,4-5,8-10H2,1-2H3,(H2,16,18). The number of anilines is 1. The highest BCUT2D eigenvalue weighted by molar-refractivity contribution is 7.80. The van der Waals surface area contributed by atoms with Crippen LogP contribution in [0.4, 0.5) is 5.69 Å². The Morgan fingerprint density at radius 3 is 2.83 bits per heavy atom. The van der Waals surface area contributed by atoms with Crippen LogP contribution in [0.2, 0.25) is 0 Å². The summed E-state index contributed by atoms with van der Waals surface area (Å²) in [6, 6.07) is 6.22. The van der Waals surface area contributed by atoms with Gasteiger partial charge in [-0.05, 0) is 43.7 Å². The fraction of sp³-hybridized carbons (Fsp3) is 0.533. The Balaban J connectivity index is 2.34. The summed E-state index contributed by atoms with van der Waals surface area (Å²) in [6.07, 6.45) is 3.84. The summed E-state index contributed by atoms with van der Waals surface area (Å²) in [5.41, 5.74) is 9.41. The first-order valence-corrected chi connectivity index (χ1v) is 7.14. The number of nitrogens with two attached hydrogens (primary N) is 1. The first-order chi connectivity index (χ1) is 8.59. The molecule has 0 saturated carbocycles. The van der Waals surface area contributed by atoms with Gasteiger partial charge in [0.15, 0.2) is 0 Å². The van der Waals surface area contributed by atoms with E-state index >= 15 is 0 Å². The van der Waals surface area contributed by atoms with Gasteiger partial charge in [0, 0.05) is 24.3 Å². The topological polar surface area (TPSA) is 29.3 Å². The van der Waals surface area contributed by atoms with Gasteiger partial charge in [-0.1, -0.05) is 31.3 Å². The molecule has 1 atom stereocenters. The molecule has 0 amide bonds. The Hall–Kier alpha value is -1.09. The lowest BCUT2D eigenvalue weighted by atomic mass is 10.0. The van der Waals surface area contributed by atoms with Crippen LogP contribution in [0.5, 0.6) is 0 Å². The van der Waals surface area contributed by atoms with Gasteiger partial charge in [-0.25, -0.2) is 0 Å². The van der Waals surface area contributed by atoms with E-state index in [1.165, 1.54) is 30.5 Å². The quantitative estimate of drug-likeness (QED) is 0.830. The third-order valence-electron chi connectivity index (χ3n) is 3.84. The molecule has 0 aliphatic carbocycles. The number of para-hydroxylation sites is 1. The van der Waals surface area contributed by atoms with Gasteiger partial charge < -0.3 is 10.6 Å². The van der Waals surface area contributed by atoms with Gasteiger partial charge >= 0.3 is 0 Å². The molecule has 1 aromatic rings. The van der Waals surface area contributed by atoms with Crippen molar-refractivity contribution in [1.82, 2.24) is 0 Å². The van der Waals surface area contributed by atoms with E-state index < -0.39 is 0 Å². The summed E-state index contributed by atoms with van der Waals surface area (Å²) in [7, 11) is 0. The lowest BCUT2D eigenvalue weighted by Gasteiger charge is -2.27. The maximum absolute atomic E-state index is 5.86. The van der Waals surface area contributed by atoms with Crippen molar-refractivity contribution in [3.05, 3.63) is 29.3 Å². The zero-order valence-corrected chi connectivity index (χ0v) is 12.1. The van der Waals surface area contributed by atoms with Crippen molar-refractivity contribution in [2.75, 3.05) is 18.0 Å². The molecule has 0 radical (unpaired) electrons. The normalized spacial score (nSPS) is 20.6. The van der Waals surface area contributed by atoms with Gasteiger partial charge in [-0.3, -0.25) is 0 Å². The van der Waals surface area contributed by atoms with Crippen LogP contribution in [0.3, 0.4) is 0 Å². The molecule has 2 nitrogen and oxygen atoms in total. The van der Waals surface area contributed by atoms with Gasteiger partial charge in [-0.15, -0.1) is 0 Å². The molecule has 1 heterocycles. The maximum atomic E-state index is 5.86. The molecule has 1 saturated heterocycles. The van der Waals surface area contributed by atoms with Crippen LogP contribution in [-0.2, 0) is 0 Å². The molecule has 18 heavy (non-hydrogen) atoms. The van der Waals surface area contributed by atoms with Crippen LogP contribution < -0.4 is 10.6 Å². The van der Waals surface area contributed by atoms with E-state index in [0.29, 0.717) is 4.99 Å². The van der Waals surface area contributed by atoms with Crippen LogP contribution >= 0.6 is 12.2 Å². The molecular formula is C15H22N2S. The number of hydrogen-bond donors (Lipinski definition) is 1. The lowest BCUT2D eigenvalue weighted by molar-refractivity contribution is 0.521. The summed E-state index contributed by atoms with van der Waals surface area (Å²) in [5, 5.41) is 0. The zero-order valence-electron chi connectivity index (χ0n) is 11.3. The van der Waals surface area contributed by atoms with Crippen molar-refractivity contribution >= 4 is 22.9 Å². The Morgan fingerprint density at radius 1 is 1.33 bits per heavy atom. The van der Waals surface area contributed by atoms with Gasteiger partial charge in [0.1, 0.15) is 4.99 Å². The predicted octanol–water partition coefficient (Wildman–Crippen LogP) is 3.26. The van der Waals surface area contributed by atoms with Crippen LogP contribution in [0, 0.1) is 12.8 Å². The smallest absolute Gasteiger partial charge is 0.106 e. The highest BCUT2D eigenvalue weighted by atomic mass is 32.1. The first-order valence-electron chi connectivity index (χ1n) is 6.74. The molecule has 1 aliphatic heterocycles. The van der Waals surface area contributed by atoms with E-state index in [1.54, 1.807) is 0 Å². The fourth-order valence-corrected chi connectivity index (χ4v) is 2.93. The Morgan fingerprint density at radius 2 is 2.11 bits per heavy atom. The monoisotopic (exact) mass is 262 g/mol. The highest BCUT2D eigenvalue weighted by Gasteiger charge is 2.18. The van der Waals surface area contributed by atoms with Crippen LogP contribution in [0.1, 0.15) is 37.3 Å². The largest absolute Gasteiger partial charge is 0.389 e. The molecule has 2 rings (SSSR count). The lowest BCUT2D eigenvalue weighted by Crippen LogP contribution is -2.28. The number of benzene rings is 1. The highest BCUT2D eigenvalue weighted by Crippen LogP contribution is 2.28. The summed E-state index contributed by atoms with van der Waals surface area (Å²) >= 11 is 5.19. The molecule has 0 aromatic heterocycles. The number of nitrogens with zero attached hydrogens (tertiary/aromatic N) is 1. The molecule has 3 heteroatoms. The Labute approximate surface area is 115 Å². The predicted molar refractivity (Wildman–Crippen MR) is 82.3 cm³/mol. The molecule has 1 aliphatic rings. The second-order valence-corrected chi connectivity index (χ2v) is 5.80. The van der Waals surface area contributed by atoms with Gasteiger partial charge in [-0.2, -0.15) is 0 Å². The van der Waals surface area contributed by atoms with Crippen molar-refractivity contribution in [2.45, 2.75) is 33.1 Å². The average molecular weight is 262 g/mol. The third kappa shape index (κ3) is 2.83. The summed E-state index contributed by atoms with van der Waals surface area (Å²) < 4.78 is 0. The van der Waals surface area contributed by atoms with E-state index in [4.69, 9.17) is 18.0 Å². The van der Waals surface area contributed by atoms with Crippen molar-refractivity contribution in [3.63, 3.8) is 0 Å². The number of thiocarbonyl (C=S) groups is 1. The van der Waals surface area contributed by atoms with E-state index in [2.05, 4.69) is 24.8 Å². The first kappa shape index (κ1) is 13.3. The van der Waals surface area contributed by atoms with Crippen molar-refractivity contribution in [1.29, 1.82) is 0 Å². The summed E-state index contributed by atoms with van der Waals surface area (Å²) in [5.74, 6) is 0.826. The van der Waals surface area contributed by atoms with E-state index in [-0.39, 0.29) is 0 Å². The van der Waals surface area contributed by atoms with Crippen molar-refractivity contribution in [3.8, 4) is 0 Å². The molecule has 2 N–H and O–H groups in total. The maximum Gasteiger partial charge on any atom is 0.106 e. The van der Waals surface area contributed by atoms with Gasteiger partial charge in [0.2, 0.25) is 0 Å². The minimum Gasteiger partial charge on any atom is -0.389 e. The second kappa shape index (κ2) is 5.70. The molecule has 1 aromatic carbocycles. The minimum absolute atomic E-state index is 0.506. The fourth-order valence-electron chi connectivity index (χ4n) is 2.76. The van der Waals surface area contributed by atoms with Gasteiger partial charge in [0.25, 0.3) is 0 Å². The third-order valence-corrected chi connectivity index (χ3v) is 4.06. The second-order valence-electron chi connectivity index (χ2n) is 5.36. The van der Waals surface area contributed by atoms with Crippen LogP contribution in [0.25, 0.3) is 0 Å². The zero-order chi connectivity index (χ0) is 13.1. The molecule has 1 fully saturated rings. The van der Waals surface area contributed by atoms with Crippen LogP contribution in [-0.4, -0.2) is 18.1 Å². The summed E-state index contributed by atoms with van der Waals surface area (Å²) in [6.45, 7) is 6.72. The number of hydrogen-bond acceptors (Lipinski definition) is 2. The SMILES string of the molecule is Cc1cccc(C(N)=S)c1N1CCCC(C)CC1. The van der Waals surface area contributed by atoms with E-state index in [9.17, 15) is 0 Å². The molecular weight excluding hydrogens is 240 g/mol. The minimum atomic E-state index is 0.506. The number of rotatable bonds is 2. The van der Waals surface area contributed by atoms with Crippen molar-refractivity contribution in [2.24, 2.45) is 11.7 Å².